The van der Waals surface area contributed by atoms with E-state index in [1.54, 1.807) is 6.21 Å². The lowest BCUT2D eigenvalue weighted by molar-refractivity contribution is 0.0341. The van der Waals surface area contributed by atoms with E-state index in [1.165, 1.54) is 6.20 Å². The lowest BCUT2D eigenvalue weighted by Crippen LogP contribution is -2.42. The monoisotopic (exact) mass is 438 g/mol. The summed E-state index contributed by atoms with van der Waals surface area (Å²) < 4.78 is 5.64. The number of hydrogen-bond acceptors (Lipinski definition) is 8. The van der Waals surface area contributed by atoms with Crippen LogP contribution in [-0.4, -0.2) is 40.2 Å². The van der Waals surface area contributed by atoms with Gasteiger partial charge in [0.1, 0.15) is 5.82 Å². The lowest BCUT2D eigenvalue weighted by atomic mass is 9.72. The Hall–Kier alpha value is -3.13. The van der Waals surface area contributed by atoms with E-state index in [-0.39, 0.29) is 11.7 Å². The highest BCUT2D eigenvalue weighted by Gasteiger charge is 2.38. The first-order valence-corrected chi connectivity index (χ1v) is 10.9. The minimum atomic E-state index is -0.632. The predicted molar refractivity (Wildman–Crippen MR) is 128 cm³/mol. The van der Waals surface area contributed by atoms with E-state index in [9.17, 15) is 5.11 Å². The van der Waals surface area contributed by atoms with Gasteiger partial charge in [0.05, 0.1) is 11.0 Å². The Morgan fingerprint density at radius 1 is 1.31 bits per heavy atom. The Kier molecular flexibility index (Phi) is 6.74. The van der Waals surface area contributed by atoms with Crippen LogP contribution >= 0.6 is 0 Å². The summed E-state index contributed by atoms with van der Waals surface area (Å²) in [7, 11) is 0. The Bertz CT molecular complexity index is 996. The molecule has 8 nitrogen and oxygen atoms in total. The summed E-state index contributed by atoms with van der Waals surface area (Å²) in [5, 5.41) is 14.6. The number of rotatable bonds is 7. The SMILES string of the molecule is C=C(N)/N=C\C(=C/N)c1ccc(C(C)(c2noc(N3CCC(C)(O)CC3)n2)C(C)C)cc1. The van der Waals surface area contributed by atoms with E-state index >= 15 is 0 Å². The molecule has 1 aromatic carbocycles. The number of aliphatic hydroxyl groups is 1. The van der Waals surface area contributed by atoms with Crippen molar-refractivity contribution >= 4 is 17.8 Å². The zero-order chi connectivity index (χ0) is 23.5. The number of benzene rings is 1. The van der Waals surface area contributed by atoms with Gasteiger partial charge in [0.2, 0.25) is 0 Å². The number of piperidine rings is 1. The Balaban J connectivity index is 1.87. The summed E-state index contributed by atoms with van der Waals surface area (Å²) in [4.78, 5) is 10.8. The second-order valence-corrected chi connectivity index (χ2v) is 9.19. The molecular formula is C24H34N6O2. The van der Waals surface area contributed by atoms with Crippen LogP contribution in [0.1, 0.15) is 57.5 Å². The van der Waals surface area contributed by atoms with E-state index in [1.807, 2.05) is 24.0 Å². The fourth-order valence-electron chi connectivity index (χ4n) is 3.83. The number of aromatic nitrogens is 2. The summed E-state index contributed by atoms with van der Waals surface area (Å²) in [5.74, 6) is 1.08. The molecular weight excluding hydrogens is 404 g/mol. The molecule has 8 heteroatoms. The average molecular weight is 439 g/mol. The van der Waals surface area contributed by atoms with Gasteiger partial charge in [0.15, 0.2) is 5.82 Å². The highest BCUT2D eigenvalue weighted by atomic mass is 16.5. The van der Waals surface area contributed by atoms with Gasteiger partial charge in [0, 0.05) is 31.1 Å². The lowest BCUT2D eigenvalue weighted by Gasteiger charge is -2.34. The molecule has 1 aliphatic heterocycles. The van der Waals surface area contributed by atoms with E-state index in [0.29, 0.717) is 37.8 Å². The number of nitrogens with zero attached hydrogens (tertiary/aromatic N) is 4. The van der Waals surface area contributed by atoms with Gasteiger partial charge < -0.3 is 26.0 Å². The number of hydrogen-bond donors (Lipinski definition) is 3. The van der Waals surface area contributed by atoms with Crippen LogP contribution in [0.5, 0.6) is 0 Å². The highest BCUT2D eigenvalue weighted by molar-refractivity contribution is 6.09. The molecule has 2 heterocycles. The predicted octanol–water partition coefficient (Wildman–Crippen LogP) is 3.18. The van der Waals surface area contributed by atoms with Gasteiger partial charge >= 0.3 is 6.01 Å². The zero-order valence-electron chi connectivity index (χ0n) is 19.4. The van der Waals surface area contributed by atoms with Crippen molar-refractivity contribution in [1.82, 2.24) is 10.1 Å². The molecule has 0 bridgehead atoms. The zero-order valence-corrected chi connectivity index (χ0v) is 19.4. The van der Waals surface area contributed by atoms with Crippen molar-refractivity contribution in [2.75, 3.05) is 18.0 Å². The van der Waals surface area contributed by atoms with Crippen molar-refractivity contribution in [3.8, 4) is 0 Å². The Morgan fingerprint density at radius 3 is 2.47 bits per heavy atom. The first-order chi connectivity index (χ1) is 15.1. The maximum Gasteiger partial charge on any atom is 0.324 e. The summed E-state index contributed by atoms with van der Waals surface area (Å²) in [5.41, 5.74) is 12.9. The fraction of sp³-hybridized carbons (Fsp3) is 0.458. The maximum absolute atomic E-state index is 10.2. The first kappa shape index (κ1) is 23.5. The standard InChI is InChI=1S/C24H34N6O2/c1-16(2)24(5,20-8-6-18(7-9-20)19(14-25)15-27-17(3)26)21-28-22(32-29-21)30-12-10-23(4,31)11-13-30/h6-9,14-16,31H,3,10-13,25-26H2,1-2,4-5H3/b19-14+,27-15-. The van der Waals surface area contributed by atoms with Crippen molar-refractivity contribution in [3.05, 3.63) is 59.8 Å². The van der Waals surface area contributed by atoms with Crippen molar-refractivity contribution < 1.29 is 9.63 Å². The molecule has 0 aliphatic carbocycles. The molecule has 0 spiro atoms. The normalized spacial score (nSPS) is 18.8. The van der Waals surface area contributed by atoms with E-state index < -0.39 is 11.0 Å². The minimum absolute atomic E-state index is 0.215. The van der Waals surface area contributed by atoms with Crippen LogP contribution in [0.3, 0.4) is 0 Å². The molecule has 1 saturated heterocycles. The van der Waals surface area contributed by atoms with Crippen LogP contribution in [-0.2, 0) is 5.41 Å². The molecule has 0 saturated carbocycles. The maximum atomic E-state index is 10.2. The van der Waals surface area contributed by atoms with Gasteiger partial charge in [-0.2, -0.15) is 4.98 Å². The summed E-state index contributed by atoms with van der Waals surface area (Å²) in [6.07, 6.45) is 4.43. The Morgan fingerprint density at radius 2 is 1.94 bits per heavy atom. The molecule has 2 aromatic rings. The molecule has 1 fully saturated rings. The van der Waals surface area contributed by atoms with Crippen molar-refractivity contribution in [2.24, 2.45) is 22.4 Å². The van der Waals surface area contributed by atoms with Gasteiger partial charge in [-0.15, -0.1) is 0 Å². The second kappa shape index (κ2) is 9.16. The van der Waals surface area contributed by atoms with Crippen LogP contribution in [0.4, 0.5) is 6.01 Å². The van der Waals surface area contributed by atoms with Crippen LogP contribution in [0.15, 0.2) is 52.4 Å². The van der Waals surface area contributed by atoms with Crippen molar-refractivity contribution in [1.29, 1.82) is 0 Å². The van der Waals surface area contributed by atoms with Gasteiger partial charge in [0.25, 0.3) is 0 Å². The molecule has 172 valence electrons. The Labute approximate surface area is 189 Å². The number of anilines is 1. The van der Waals surface area contributed by atoms with E-state index in [4.69, 9.17) is 21.0 Å². The number of allylic oxidation sites excluding steroid dienone is 1. The number of aliphatic imine (C=N–C) groups is 1. The van der Waals surface area contributed by atoms with Crippen LogP contribution in [0, 0.1) is 5.92 Å². The van der Waals surface area contributed by atoms with E-state index in [0.717, 1.165) is 16.7 Å². The third-order valence-corrected chi connectivity index (χ3v) is 6.51. The molecule has 32 heavy (non-hydrogen) atoms. The number of nitrogens with two attached hydrogens (primary N) is 2. The highest BCUT2D eigenvalue weighted by Crippen LogP contribution is 2.38. The third kappa shape index (κ3) is 4.85. The summed E-state index contributed by atoms with van der Waals surface area (Å²) in [6.45, 7) is 13.2. The van der Waals surface area contributed by atoms with Gasteiger partial charge in [-0.3, -0.25) is 0 Å². The molecule has 1 aromatic heterocycles. The molecule has 1 aliphatic rings. The van der Waals surface area contributed by atoms with Gasteiger partial charge in [-0.1, -0.05) is 49.8 Å². The molecule has 3 rings (SSSR count). The van der Waals surface area contributed by atoms with Crippen LogP contribution < -0.4 is 16.4 Å². The van der Waals surface area contributed by atoms with Crippen LogP contribution in [0.25, 0.3) is 5.57 Å². The molecule has 1 atom stereocenters. The molecule has 1 unspecified atom stereocenters. The van der Waals surface area contributed by atoms with Gasteiger partial charge in [-0.25, -0.2) is 4.99 Å². The smallest absolute Gasteiger partial charge is 0.324 e. The van der Waals surface area contributed by atoms with E-state index in [2.05, 4.69) is 49.6 Å². The second-order valence-electron chi connectivity index (χ2n) is 9.19. The largest absolute Gasteiger partial charge is 0.404 e. The minimum Gasteiger partial charge on any atom is -0.404 e. The topological polar surface area (TPSA) is 127 Å². The third-order valence-electron chi connectivity index (χ3n) is 6.51. The first-order valence-electron chi connectivity index (χ1n) is 10.9. The molecule has 0 amide bonds. The quantitative estimate of drug-likeness (QED) is 0.567. The van der Waals surface area contributed by atoms with Crippen LogP contribution in [0.2, 0.25) is 0 Å². The van der Waals surface area contributed by atoms with Gasteiger partial charge in [-0.05, 0) is 43.7 Å². The summed E-state index contributed by atoms with van der Waals surface area (Å²) >= 11 is 0. The van der Waals surface area contributed by atoms with Crippen molar-refractivity contribution in [2.45, 2.75) is 51.6 Å². The fourth-order valence-corrected chi connectivity index (χ4v) is 3.83. The average Bonchev–Trinajstić information content (AvgIpc) is 3.24. The summed E-state index contributed by atoms with van der Waals surface area (Å²) in [6, 6.07) is 8.60. The molecule has 0 radical (unpaired) electrons. The molecule has 5 N–H and O–H groups in total. The van der Waals surface area contributed by atoms with Crippen molar-refractivity contribution in [3.63, 3.8) is 0 Å².